The number of fused-ring (bicyclic) bond motifs is 2. The average molecular weight is 684 g/mol. The van der Waals surface area contributed by atoms with Crippen molar-refractivity contribution in [1.29, 1.82) is 0 Å². The lowest BCUT2D eigenvalue weighted by Crippen LogP contribution is -2.51. The lowest BCUT2D eigenvalue weighted by molar-refractivity contribution is -0.128. The Morgan fingerprint density at radius 3 is 2.47 bits per heavy atom. The van der Waals surface area contributed by atoms with E-state index in [2.05, 4.69) is 5.32 Å². The van der Waals surface area contributed by atoms with Crippen molar-refractivity contribution >= 4 is 21.6 Å². The summed E-state index contributed by atoms with van der Waals surface area (Å²) in [5, 5.41) is 25.5. The number of benzene rings is 1. The Bertz CT molecular complexity index is 1250. The predicted octanol–water partition coefficient (Wildman–Crippen LogP) is 4.23. The van der Waals surface area contributed by atoms with Gasteiger partial charge in [0.25, 0.3) is 0 Å². The third-order valence-corrected chi connectivity index (χ3v) is 11.5. The van der Waals surface area contributed by atoms with Gasteiger partial charge in [0, 0.05) is 50.2 Å². The Balaban J connectivity index is 1.70. The van der Waals surface area contributed by atoms with Crippen LogP contribution in [0.3, 0.4) is 0 Å². The largest absolute Gasteiger partial charge is 0.493 e. The summed E-state index contributed by atoms with van der Waals surface area (Å²) >= 11 is 0. The molecule has 12 heteroatoms. The Labute approximate surface area is 283 Å². The fourth-order valence-corrected chi connectivity index (χ4v) is 8.94. The third kappa shape index (κ3) is 10.9. The van der Waals surface area contributed by atoms with Crippen LogP contribution in [-0.4, -0.2) is 88.1 Å². The smallest absolute Gasteiger partial charge is 0.232 e. The summed E-state index contributed by atoms with van der Waals surface area (Å²) in [6, 6.07) is 3.57. The molecule has 2 bridgehead atoms. The molecule has 0 aliphatic heterocycles. The van der Waals surface area contributed by atoms with Gasteiger partial charge in [-0.05, 0) is 81.8 Å². The summed E-state index contributed by atoms with van der Waals surface area (Å²) in [5.41, 5.74) is 6.38. The van der Waals surface area contributed by atoms with Gasteiger partial charge in [-0.3, -0.25) is 9.10 Å². The van der Waals surface area contributed by atoms with E-state index in [0.717, 1.165) is 38.4 Å². The zero-order valence-corrected chi connectivity index (χ0v) is 30.4. The molecule has 270 valence electrons. The van der Waals surface area contributed by atoms with E-state index in [0.29, 0.717) is 55.6 Å². The zero-order chi connectivity index (χ0) is 34.9. The Morgan fingerprint density at radius 1 is 1.15 bits per heavy atom. The van der Waals surface area contributed by atoms with Crippen LogP contribution in [0, 0.1) is 23.7 Å². The van der Waals surface area contributed by atoms with Gasteiger partial charge in [-0.1, -0.05) is 33.6 Å². The number of nitrogens with zero attached hydrogens (tertiary/aromatic N) is 1. The Hall–Kier alpha value is -2.12. The number of hydrogen-bond donors (Lipinski definition) is 4. The average Bonchev–Trinajstić information content (AvgIpc) is 3.00. The van der Waals surface area contributed by atoms with Gasteiger partial charge in [0.2, 0.25) is 15.9 Å². The zero-order valence-electron chi connectivity index (χ0n) is 29.6. The van der Waals surface area contributed by atoms with Gasteiger partial charge >= 0.3 is 0 Å². The summed E-state index contributed by atoms with van der Waals surface area (Å²) in [6.45, 7) is 8.68. The monoisotopic (exact) mass is 683 g/mol. The maximum absolute atomic E-state index is 13.4. The number of hydrogen-bond acceptors (Lipinski definition) is 9. The van der Waals surface area contributed by atoms with Crippen molar-refractivity contribution < 1.29 is 37.6 Å². The van der Waals surface area contributed by atoms with E-state index >= 15 is 0 Å². The number of aliphatic hydroxyl groups is 2. The van der Waals surface area contributed by atoms with Crippen LogP contribution >= 0.6 is 0 Å². The molecular formula is C35H61N3O8S. The Morgan fingerprint density at radius 2 is 1.87 bits per heavy atom. The van der Waals surface area contributed by atoms with Crippen molar-refractivity contribution in [2.24, 2.45) is 29.4 Å². The minimum Gasteiger partial charge on any atom is -0.493 e. The molecular weight excluding hydrogens is 622 g/mol. The summed E-state index contributed by atoms with van der Waals surface area (Å²) < 4.78 is 44.4. The van der Waals surface area contributed by atoms with Crippen LogP contribution in [-0.2, 0) is 19.6 Å². The van der Waals surface area contributed by atoms with Gasteiger partial charge in [-0.25, -0.2) is 8.42 Å². The highest BCUT2D eigenvalue weighted by Gasteiger charge is 2.43. The van der Waals surface area contributed by atoms with Crippen LogP contribution in [0.15, 0.2) is 18.2 Å². The number of rotatable bonds is 19. The van der Waals surface area contributed by atoms with Crippen LogP contribution in [0.5, 0.6) is 11.5 Å². The minimum absolute atomic E-state index is 0.0817. The number of nitrogens with two attached hydrogens (primary N) is 1. The molecule has 1 amide bonds. The van der Waals surface area contributed by atoms with Crippen molar-refractivity contribution in [3.05, 3.63) is 18.2 Å². The van der Waals surface area contributed by atoms with Gasteiger partial charge in [-0.2, -0.15) is 0 Å². The number of aliphatic hydroxyl groups excluding tert-OH is 1. The molecule has 5 N–H and O–H groups in total. The quantitative estimate of drug-likeness (QED) is 0.157. The van der Waals surface area contributed by atoms with Gasteiger partial charge in [0.05, 0.1) is 37.4 Å². The van der Waals surface area contributed by atoms with Crippen molar-refractivity contribution in [2.75, 3.05) is 38.0 Å². The molecule has 1 aromatic rings. The molecule has 0 aromatic heterocycles. The standard InChI is InChI=1S/C35H61N3O8S/c1-8-26(34(40)37-24(4)27-17-25-11-9-14-35(41,21-25)22-27)18-31(39)29(36)20-30(23(2)3)38(47(7,42)43)28-12-13-32(45-6)33(19-28)46-16-10-15-44-5/h12-13,19,23-27,29-31,39,41H,8-11,14-18,20-22,36H2,1-7H3,(H,37,40)/t24?,25?,26-,27?,29+,30+,31+,35?/m1/s1. The first kappa shape index (κ1) is 39.3. The lowest BCUT2D eigenvalue weighted by atomic mass is 9.64. The number of anilines is 1. The number of amides is 1. The van der Waals surface area contributed by atoms with Crippen LogP contribution in [0.1, 0.15) is 91.9 Å². The number of carbonyl (C=O) groups excluding carboxylic acids is 1. The molecule has 8 atom stereocenters. The first-order valence-electron chi connectivity index (χ1n) is 17.4. The summed E-state index contributed by atoms with van der Waals surface area (Å²) in [6.07, 6.45) is 7.28. The topological polar surface area (TPSA) is 161 Å². The fourth-order valence-electron chi connectivity index (χ4n) is 7.62. The van der Waals surface area contributed by atoms with E-state index in [1.165, 1.54) is 11.4 Å². The van der Waals surface area contributed by atoms with E-state index in [4.69, 9.17) is 19.9 Å². The Kier molecular flexibility index (Phi) is 14.6. The molecule has 0 saturated heterocycles. The molecule has 47 heavy (non-hydrogen) atoms. The van der Waals surface area contributed by atoms with Crippen molar-refractivity contribution in [2.45, 2.75) is 122 Å². The molecule has 1 aromatic carbocycles. The van der Waals surface area contributed by atoms with E-state index in [1.54, 1.807) is 25.3 Å². The second kappa shape index (κ2) is 17.5. The molecule has 4 unspecified atom stereocenters. The predicted molar refractivity (Wildman–Crippen MR) is 185 cm³/mol. The van der Waals surface area contributed by atoms with Crippen LogP contribution < -0.4 is 24.8 Å². The minimum atomic E-state index is -3.78. The molecule has 3 rings (SSSR count). The third-order valence-electron chi connectivity index (χ3n) is 10.3. The SMILES string of the molecule is CC[C@H](C[C@H](O)[C@@H](N)C[C@@H](C(C)C)N(c1ccc(OC)c(OCCCOC)c1)S(C)(=O)=O)C(=O)NC(C)C1CC2CCCC(O)(C2)C1. The maximum atomic E-state index is 13.4. The number of sulfonamides is 1. The molecule has 0 heterocycles. The highest BCUT2D eigenvalue weighted by atomic mass is 32.2. The summed E-state index contributed by atoms with van der Waals surface area (Å²) in [4.78, 5) is 13.4. The normalized spacial score (nSPS) is 24.6. The molecule has 0 spiro atoms. The van der Waals surface area contributed by atoms with Gasteiger partial charge in [0.15, 0.2) is 11.5 Å². The van der Waals surface area contributed by atoms with Crippen LogP contribution in [0.2, 0.25) is 0 Å². The van der Waals surface area contributed by atoms with Crippen LogP contribution in [0.25, 0.3) is 0 Å². The van der Waals surface area contributed by atoms with E-state index in [9.17, 15) is 23.4 Å². The number of methoxy groups -OCH3 is 2. The number of ether oxygens (including phenoxy) is 3. The summed E-state index contributed by atoms with van der Waals surface area (Å²) in [7, 11) is -0.635. The molecule has 0 radical (unpaired) electrons. The summed E-state index contributed by atoms with van der Waals surface area (Å²) in [5.74, 6) is 0.900. The van der Waals surface area contributed by atoms with E-state index < -0.39 is 39.7 Å². The molecule has 2 aliphatic rings. The highest BCUT2D eigenvalue weighted by molar-refractivity contribution is 7.92. The van der Waals surface area contributed by atoms with Crippen molar-refractivity contribution in [1.82, 2.24) is 5.32 Å². The lowest BCUT2D eigenvalue weighted by Gasteiger charge is -2.47. The molecule has 2 aliphatic carbocycles. The maximum Gasteiger partial charge on any atom is 0.232 e. The molecule has 11 nitrogen and oxygen atoms in total. The van der Waals surface area contributed by atoms with Crippen molar-refractivity contribution in [3.63, 3.8) is 0 Å². The van der Waals surface area contributed by atoms with Gasteiger partial charge in [0.1, 0.15) is 0 Å². The molecule has 2 fully saturated rings. The molecule has 2 saturated carbocycles. The number of carbonyl (C=O) groups is 1. The first-order valence-corrected chi connectivity index (χ1v) is 19.2. The highest BCUT2D eigenvalue weighted by Crippen LogP contribution is 2.46. The van der Waals surface area contributed by atoms with E-state index in [-0.39, 0.29) is 36.6 Å². The number of nitrogens with one attached hydrogen (secondary N) is 1. The van der Waals surface area contributed by atoms with Gasteiger partial charge < -0.3 is 35.5 Å². The second-order valence-corrected chi connectivity index (χ2v) is 16.3. The van der Waals surface area contributed by atoms with Gasteiger partial charge in [-0.15, -0.1) is 0 Å². The van der Waals surface area contributed by atoms with Crippen LogP contribution in [0.4, 0.5) is 5.69 Å². The van der Waals surface area contributed by atoms with Crippen molar-refractivity contribution in [3.8, 4) is 11.5 Å². The first-order chi connectivity index (χ1) is 22.1. The second-order valence-electron chi connectivity index (χ2n) is 14.4. The fraction of sp³-hybridized carbons (Fsp3) is 0.800. The van der Waals surface area contributed by atoms with E-state index in [1.807, 2.05) is 27.7 Å².